The van der Waals surface area contributed by atoms with Crippen LogP contribution in [0.15, 0.2) is 29.1 Å². The maximum Gasteiger partial charge on any atom is 0.267 e. The maximum absolute atomic E-state index is 14.3. The van der Waals surface area contributed by atoms with Gasteiger partial charge in [-0.15, -0.1) is 0 Å². The number of aromatic nitrogens is 2. The highest BCUT2D eigenvalue weighted by Crippen LogP contribution is 2.56. The molecule has 0 saturated heterocycles. The number of hydrogen-bond donors (Lipinski definition) is 1. The van der Waals surface area contributed by atoms with Gasteiger partial charge in [0.25, 0.3) is 17.9 Å². The van der Waals surface area contributed by atoms with E-state index in [2.05, 4.69) is 4.98 Å². The number of benzene rings is 1. The number of anilines is 1. The summed E-state index contributed by atoms with van der Waals surface area (Å²) in [6.45, 7) is 1.93. The number of nitrogens with two attached hydrogens (primary N) is 1. The van der Waals surface area contributed by atoms with E-state index in [9.17, 15) is 22.8 Å². The summed E-state index contributed by atoms with van der Waals surface area (Å²) in [6, 6.07) is 3.90. The molecular weight excluding hydrogens is 373 g/mol. The minimum absolute atomic E-state index is 0.177. The standard InChI is InChI=1S/C19H21F3N4O2/c1-19(6-7-19)15(10-4-5-11(16(21)22)12(20)8-10)26-14(27)9-13(17(23)28)24-18(26)25(2)3/h4-5,8-9,15-16H,6-7H2,1-3H3,(H2,23,28)/t15-/m0/s1. The SMILES string of the molecule is CN(C)c1nc(C(N)=O)cc(=O)n1[C@@H](c1ccc(C(F)F)c(F)c1)C1(C)CC1. The minimum atomic E-state index is -2.93. The predicted molar refractivity (Wildman–Crippen MR) is 98.2 cm³/mol. The minimum Gasteiger partial charge on any atom is -0.364 e. The summed E-state index contributed by atoms with van der Waals surface area (Å²) in [7, 11) is 3.30. The zero-order chi connectivity index (χ0) is 20.8. The molecule has 150 valence electrons. The lowest BCUT2D eigenvalue weighted by Gasteiger charge is -2.30. The third kappa shape index (κ3) is 3.48. The molecule has 0 aliphatic heterocycles. The smallest absolute Gasteiger partial charge is 0.267 e. The van der Waals surface area contributed by atoms with E-state index in [1.54, 1.807) is 19.0 Å². The van der Waals surface area contributed by atoms with Gasteiger partial charge in [-0.2, -0.15) is 0 Å². The van der Waals surface area contributed by atoms with Crippen molar-refractivity contribution in [3.05, 3.63) is 57.3 Å². The summed E-state index contributed by atoms with van der Waals surface area (Å²) in [5.41, 5.74) is 3.89. The lowest BCUT2D eigenvalue weighted by atomic mass is 9.90. The lowest BCUT2D eigenvalue weighted by molar-refractivity contribution is 0.0995. The number of amides is 1. The highest BCUT2D eigenvalue weighted by molar-refractivity contribution is 5.90. The van der Waals surface area contributed by atoms with Gasteiger partial charge < -0.3 is 10.6 Å². The first-order valence-corrected chi connectivity index (χ1v) is 8.73. The second-order valence-electron chi connectivity index (χ2n) is 7.55. The van der Waals surface area contributed by atoms with Gasteiger partial charge in [-0.25, -0.2) is 18.2 Å². The van der Waals surface area contributed by atoms with Crippen LogP contribution in [0, 0.1) is 11.2 Å². The van der Waals surface area contributed by atoms with E-state index in [1.807, 2.05) is 6.92 Å². The third-order valence-electron chi connectivity index (χ3n) is 5.12. The Labute approximate surface area is 159 Å². The summed E-state index contributed by atoms with van der Waals surface area (Å²) < 4.78 is 41.5. The van der Waals surface area contributed by atoms with Gasteiger partial charge >= 0.3 is 0 Å². The van der Waals surface area contributed by atoms with Crippen molar-refractivity contribution in [3.63, 3.8) is 0 Å². The Morgan fingerprint density at radius 3 is 2.39 bits per heavy atom. The van der Waals surface area contributed by atoms with E-state index in [0.717, 1.165) is 31.0 Å². The Kier molecular flexibility index (Phi) is 4.95. The van der Waals surface area contributed by atoms with Gasteiger partial charge in [0.15, 0.2) is 0 Å². The molecule has 1 saturated carbocycles. The van der Waals surface area contributed by atoms with Gasteiger partial charge in [-0.3, -0.25) is 14.2 Å². The molecule has 0 spiro atoms. The molecule has 0 bridgehead atoms. The molecule has 2 N–H and O–H groups in total. The van der Waals surface area contributed by atoms with Crippen molar-refractivity contribution in [2.75, 3.05) is 19.0 Å². The predicted octanol–water partition coefficient (Wildman–Crippen LogP) is 2.87. The van der Waals surface area contributed by atoms with Crippen LogP contribution in [0.25, 0.3) is 0 Å². The van der Waals surface area contributed by atoms with Gasteiger partial charge in [-0.05, 0) is 29.9 Å². The summed E-state index contributed by atoms with van der Waals surface area (Å²) >= 11 is 0. The zero-order valence-corrected chi connectivity index (χ0v) is 15.7. The van der Waals surface area contributed by atoms with Crippen LogP contribution < -0.4 is 16.2 Å². The van der Waals surface area contributed by atoms with E-state index >= 15 is 0 Å². The lowest BCUT2D eigenvalue weighted by Crippen LogP contribution is -2.36. The number of carbonyl (C=O) groups is 1. The molecule has 1 aromatic heterocycles. The molecule has 1 fully saturated rings. The molecule has 1 aliphatic carbocycles. The van der Waals surface area contributed by atoms with Crippen LogP contribution in [0.3, 0.4) is 0 Å². The molecule has 28 heavy (non-hydrogen) atoms. The third-order valence-corrected chi connectivity index (χ3v) is 5.12. The van der Waals surface area contributed by atoms with Crippen LogP contribution in [0.5, 0.6) is 0 Å². The fraction of sp³-hybridized carbons (Fsp3) is 0.421. The summed E-state index contributed by atoms with van der Waals surface area (Å²) in [6.07, 6.45) is -1.39. The van der Waals surface area contributed by atoms with Crippen molar-refractivity contribution in [1.29, 1.82) is 0 Å². The summed E-state index contributed by atoms with van der Waals surface area (Å²) in [5, 5.41) is 0. The van der Waals surface area contributed by atoms with Crippen LogP contribution in [-0.4, -0.2) is 29.6 Å². The Morgan fingerprint density at radius 1 is 1.29 bits per heavy atom. The largest absolute Gasteiger partial charge is 0.364 e. The fourth-order valence-corrected chi connectivity index (χ4v) is 3.39. The molecule has 2 aromatic rings. The summed E-state index contributed by atoms with van der Waals surface area (Å²) in [5.74, 6) is -1.69. The topological polar surface area (TPSA) is 81.2 Å². The first-order chi connectivity index (χ1) is 13.0. The van der Waals surface area contributed by atoms with Gasteiger partial charge in [0, 0.05) is 20.2 Å². The molecule has 0 unspecified atom stereocenters. The van der Waals surface area contributed by atoms with E-state index in [1.165, 1.54) is 10.6 Å². The Morgan fingerprint density at radius 2 is 1.93 bits per heavy atom. The highest BCUT2D eigenvalue weighted by atomic mass is 19.3. The second-order valence-corrected chi connectivity index (χ2v) is 7.55. The van der Waals surface area contributed by atoms with E-state index in [4.69, 9.17) is 5.73 Å². The normalized spacial score (nSPS) is 16.1. The first kappa shape index (κ1) is 19.9. The van der Waals surface area contributed by atoms with Crippen LogP contribution in [0.1, 0.15) is 53.8 Å². The average molecular weight is 394 g/mol. The summed E-state index contributed by atoms with van der Waals surface area (Å²) in [4.78, 5) is 30.1. The molecule has 1 atom stereocenters. The second kappa shape index (κ2) is 6.96. The highest BCUT2D eigenvalue weighted by Gasteiger charge is 2.48. The van der Waals surface area contributed by atoms with Crippen molar-refractivity contribution < 1.29 is 18.0 Å². The molecular formula is C19H21F3N4O2. The van der Waals surface area contributed by atoms with Gasteiger partial charge in [0.2, 0.25) is 5.95 Å². The number of alkyl halides is 2. The van der Waals surface area contributed by atoms with E-state index in [0.29, 0.717) is 5.56 Å². The fourth-order valence-electron chi connectivity index (χ4n) is 3.39. The number of carbonyl (C=O) groups excluding carboxylic acids is 1. The zero-order valence-electron chi connectivity index (χ0n) is 15.7. The van der Waals surface area contributed by atoms with Gasteiger partial charge in [-0.1, -0.05) is 19.1 Å². The van der Waals surface area contributed by atoms with Crippen LogP contribution in [0.2, 0.25) is 0 Å². The number of nitrogens with zero attached hydrogens (tertiary/aromatic N) is 3. The van der Waals surface area contributed by atoms with Crippen LogP contribution in [0.4, 0.5) is 19.1 Å². The van der Waals surface area contributed by atoms with Crippen molar-refractivity contribution in [2.45, 2.75) is 32.2 Å². The van der Waals surface area contributed by atoms with Crippen LogP contribution in [-0.2, 0) is 0 Å². The number of primary amides is 1. The van der Waals surface area contributed by atoms with Crippen molar-refractivity contribution >= 4 is 11.9 Å². The molecule has 1 aromatic carbocycles. The molecule has 6 nitrogen and oxygen atoms in total. The number of hydrogen-bond acceptors (Lipinski definition) is 4. The van der Waals surface area contributed by atoms with E-state index < -0.39 is 35.3 Å². The monoisotopic (exact) mass is 394 g/mol. The van der Waals surface area contributed by atoms with Crippen molar-refractivity contribution in [1.82, 2.24) is 9.55 Å². The molecule has 3 rings (SSSR count). The molecule has 9 heteroatoms. The Hall–Kier alpha value is -2.84. The van der Waals surface area contributed by atoms with Crippen LogP contribution >= 0.6 is 0 Å². The quantitative estimate of drug-likeness (QED) is 0.817. The number of rotatable bonds is 6. The molecule has 0 radical (unpaired) electrons. The van der Waals surface area contributed by atoms with Gasteiger partial charge in [0.1, 0.15) is 11.5 Å². The maximum atomic E-state index is 14.3. The average Bonchev–Trinajstić information content (AvgIpc) is 3.33. The Balaban J connectivity index is 2.24. The molecule has 1 heterocycles. The molecule has 1 aliphatic rings. The van der Waals surface area contributed by atoms with E-state index in [-0.39, 0.29) is 17.1 Å². The number of halogens is 3. The Bertz CT molecular complexity index is 984. The van der Waals surface area contributed by atoms with Gasteiger partial charge in [0.05, 0.1) is 11.6 Å². The van der Waals surface area contributed by atoms with Crippen molar-refractivity contribution in [3.8, 4) is 0 Å². The van der Waals surface area contributed by atoms with Crippen molar-refractivity contribution in [2.24, 2.45) is 11.1 Å². The first-order valence-electron chi connectivity index (χ1n) is 8.73. The molecule has 1 amide bonds.